The number of benzene rings is 2. The first-order valence-corrected chi connectivity index (χ1v) is 10.1. The number of nitrogens with one attached hydrogen (secondary N) is 1. The SMILES string of the molecule is CSc1cccc(NC(=O)[C@H]2CCCN(C(=O)c3cccc(C)c3)C2)c1. The Bertz CT molecular complexity index is 806. The predicted molar refractivity (Wildman–Crippen MR) is 107 cm³/mol. The van der Waals surface area contributed by atoms with Gasteiger partial charge in [-0.25, -0.2) is 0 Å². The first-order valence-electron chi connectivity index (χ1n) is 8.87. The number of nitrogens with zero attached hydrogens (tertiary/aromatic N) is 1. The van der Waals surface area contributed by atoms with E-state index in [-0.39, 0.29) is 17.7 Å². The fourth-order valence-corrected chi connectivity index (χ4v) is 3.74. The molecule has 2 aromatic carbocycles. The molecule has 0 unspecified atom stereocenters. The lowest BCUT2D eigenvalue weighted by atomic mass is 9.96. The van der Waals surface area contributed by atoms with E-state index in [9.17, 15) is 9.59 Å². The molecule has 0 saturated carbocycles. The van der Waals surface area contributed by atoms with Crippen LogP contribution in [0.25, 0.3) is 0 Å². The summed E-state index contributed by atoms with van der Waals surface area (Å²) in [5.74, 6) is -0.170. The van der Waals surface area contributed by atoms with Gasteiger partial charge >= 0.3 is 0 Å². The van der Waals surface area contributed by atoms with Crippen molar-refractivity contribution in [3.63, 3.8) is 0 Å². The van der Waals surface area contributed by atoms with Gasteiger partial charge in [0.25, 0.3) is 5.91 Å². The summed E-state index contributed by atoms with van der Waals surface area (Å²) >= 11 is 1.64. The Labute approximate surface area is 159 Å². The molecule has 1 aliphatic rings. The quantitative estimate of drug-likeness (QED) is 0.823. The van der Waals surface area contributed by atoms with Gasteiger partial charge in [-0.1, -0.05) is 23.8 Å². The Kier molecular flexibility index (Phi) is 5.99. The summed E-state index contributed by atoms with van der Waals surface area (Å²) in [4.78, 5) is 28.3. The molecule has 0 bridgehead atoms. The van der Waals surface area contributed by atoms with Gasteiger partial charge in [0.15, 0.2) is 0 Å². The lowest BCUT2D eigenvalue weighted by molar-refractivity contribution is -0.121. The Morgan fingerprint density at radius 3 is 2.73 bits per heavy atom. The number of aryl methyl sites for hydroxylation is 1. The number of hydrogen-bond donors (Lipinski definition) is 1. The van der Waals surface area contributed by atoms with E-state index >= 15 is 0 Å². The molecule has 136 valence electrons. The maximum atomic E-state index is 12.8. The van der Waals surface area contributed by atoms with Crippen molar-refractivity contribution in [3.8, 4) is 0 Å². The number of thioether (sulfide) groups is 1. The maximum Gasteiger partial charge on any atom is 0.253 e. The average Bonchev–Trinajstić information content (AvgIpc) is 2.67. The van der Waals surface area contributed by atoms with Crippen LogP contribution in [0.3, 0.4) is 0 Å². The molecule has 4 nitrogen and oxygen atoms in total. The van der Waals surface area contributed by atoms with Crippen LogP contribution < -0.4 is 5.32 Å². The standard InChI is InChI=1S/C21H24N2O2S/c1-15-6-3-7-16(12-15)21(25)23-11-5-8-17(14-23)20(24)22-18-9-4-10-19(13-18)26-2/h3-4,6-7,9-10,12-13,17H,5,8,11,14H2,1-2H3,(H,22,24)/t17-/m0/s1. The molecule has 1 atom stereocenters. The Hall–Kier alpha value is -2.27. The number of anilines is 1. The Morgan fingerprint density at radius 1 is 1.15 bits per heavy atom. The highest BCUT2D eigenvalue weighted by Crippen LogP contribution is 2.23. The third kappa shape index (κ3) is 4.47. The Balaban J connectivity index is 1.65. The largest absolute Gasteiger partial charge is 0.338 e. The molecule has 1 saturated heterocycles. The molecule has 1 N–H and O–H groups in total. The number of likely N-dealkylation sites (tertiary alicyclic amines) is 1. The van der Waals surface area contributed by atoms with Crippen molar-refractivity contribution in [3.05, 3.63) is 59.7 Å². The van der Waals surface area contributed by atoms with Gasteiger partial charge in [0, 0.05) is 29.2 Å². The molecular formula is C21H24N2O2S. The van der Waals surface area contributed by atoms with E-state index in [1.807, 2.05) is 61.7 Å². The topological polar surface area (TPSA) is 49.4 Å². The van der Waals surface area contributed by atoms with Crippen molar-refractivity contribution in [2.24, 2.45) is 5.92 Å². The van der Waals surface area contributed by atoms with Crippen LogP contribution in [-0.4, -0.2) is 36.1 Å². The monoisotopic (exact) mass is 368 g/mol. The minimum atomic E-state index is -0.171. The summed E-state index contributed by atoms with van der Waals surface area (Å²) in [5.41, 5.74) is 2.57. The van der Waals surface area contributed by atoms with Crippen molar-refractivity contribution in [2.45, 2.75) is 24.7 Å². The summed E-state index contributed by atoms with van der Waals surface area (Å²) < 4.78 is 0. The van der Waals surface area contributed by atoms with E-state index < -0.39 is 0 Å². The van der Waals surface area contributed by atoms with Crippen molar-refractivity contribution < 1.29 is 9.59 Å². The number of carbonyl (C=O) groups excluding carboxylic acids is 2. The highest BCUT2D eigenvalue weighted by molar-refractivity contribution is 7.98. The number of carbonyl (C=O) groups is 2. The molecule has 0 aromatic heterocycles. The van der Waals surface area contributed by atoms with Crippen LogP contribution in [-0.2, 0) is 4.79 Å². The predicted octanol–water partition coefficient (Wildman–Crippen LogP) is 4.21. The summed E-state index contributed by atoms with van der Waals surface area (Å²) in [5, 5.41) is 3.00. The van der Waals surface area contributed by atoms with E-state index in [0.29, 0.717) is 18.7 Å². The van der Waals surface area contributed by atoms with Crippen molar-refractivity contribution >= 4 is 29.3 Å². The zero-order valence-corrected chi connectivity index (χ0v) is 16.0. The lowest BCUT2D eigenvalue weighted by Gasteiger charge is -2.32. The molecule has 0 radical (unpaired) electrons. The zero-order chi connectivity index (χ0) is 18.5. The van der Waals surface area contributed by atoms with E-state index in [0.717, 1.165) is 29.0 Å². The fourth-order valence-electron chi connectivity index (χ4n) is 3.28. The second kappa shape index (κ2) is 8.41. The minimum Gasteiger partial charge on any atom is -0.338 e. The van der Waals surface area contributed by atoms with Gasteiger partial charge in [-0.05, 0) is 56.4 Å². The van der Waals surface area contributed by atoms with Crippen LogP contribution in [0.2, 0.25) is 0 Å². The van der Waals surface area contributed by atoms with Gasteiger partial charge in [-0.15, -0.1) is 11.8 Å². The smallest absolute Gasteiger partial charge is 0.253 e. The van der Waals surface area contributed by atoms with Crippen molar-refractivity contribution in [2.75, 3.05) is 24.7 Å². The normalized spacial score (nSPS) is 17.0. The number of piperidine rings is 1. The second-order valence-corrected chi connectivity index (χ2v) is 7.56. The van der Waals surface area contributed by atoms with Crippen molar-refractivity contribution in [1.82, 2.24) is 4.90 Å². The van der Waals surface area contributed by atoms with Gasteiger partial charge in [-0.3, -0.25) is 9.59 Å². The molecule has 26 heavy (non-hydrogen) atoms. The fraction of sp³-hybridized carbons (Fsp3) is 0.333. The molecule has 0 spiro atoms. The highest BCUT2D eigenvalue weighted by Gasteiger charge is 2.29. The van der Waals surface area contributed by atoms with Crippen LogP contribution in [0, 0.1) is 12.8 Å². The molecule has 0 aliphatic carbocycles. The molecule has 2 amide bonds. The summed E-state index contributed by atoms with van der Waals surface area (Å²) in [7, 11) is 0. The van der Waals surface area contributed by atoms with E-state index in [4.69, 9.17) is 0 Å². The second-order valence-electron chi connectivity index (χ2n) is 6.68. The first kappa shape index (κ1) is 18.5. The summed E-state index contributed by atoms with van der Waals surface area (Å²) in [6.45, 7) is 3.16. The molecule has 1 aliphatic heterocycles. The molecule has 1 fully saturated rings. The van der Waals surface area contributed by atoms with Gasteiger partial charge in [0.1, 0.15) is 0 Å². The number of hydrogen-bond acceptors (Lipinski definition) is 3. The number of rotatable bonds is 4. The van der Waals surface area contributed by atoms with Gasteiger partial charge in [-0.2, -0.15) is 0 Å². The first-order chi connectivity index (χ1) is 12.6. The maximum absolute atomic E-state index is 12.8. The number of amides is 2. The minimum absolute atomic E-state index is 0.00926. The lowest BCUT2D eigenvalue weighted by Crippen LogP contribution is -2.43. The zero-order valence-electron chi connectivity index (χ0n) is 15.2. The molecule has 5 heteroatoms. The van der Waals surface area contributed by atoms with Gasteiger partial charge < -0.3 is 10.2 Å². The molecule has 2 aromatic rings. The molecule has 1 heterocycles. The third-order valence-corrected chi connectivity index (χ3v) is 5.41. The van der Waals surface area contributed by atoms with E-state index in [2.05, 4.69) is 5.32 Å². The van der Waals surface area contributed by atoms with Gasteiger partial charge in [0.2, 0.25) is 5.91 Å². The van der Waals surface area contributed by atoms with Gasteiger partial charge in [0.05, 0.1) is 5.92 Å². The summed E-state index contributed by atoms with van der Waals surface area (Å²) in [6, 6.07) is 15.4. The molecule has 3 rings (SSSR count). The van der Waals surface area contributed by atoms with E-state index in [1.54, 1.807) is 16.7 Å². The van der Waals surface area contributed by atoms with Crippen molar-refractivity contribution in [1.29, 1.82) is 0 Å². The van der Waals surface area contributed by atoms with Crippen LogP contribution in [0.1, 0.15) is 28.8 Å². The van der Waals surface area contributed by atoms with Crippen LogP contribution in [0.4, 0.5) is 5.69 Å². The van der Waals surface area contributed by atoms with Crippen LogP contribution in [0.5, 0.6) is 0 Å². The Morgan fingerprint density at radius 2 is 1.96 bits per heavy atom. The highest BCUT2D eigenvalue weighted by atomic mass is 32.2. The van der Waals surface area contributed by atoms with Crippen LogP contribution in [0.15, 0.2) is 53.4 Å². The van der Waals surface area contributed by atoms with E-state index in [1.165, 1.54) is 0 Å². The van der Waals surface area contributed by atoms with Crippen LogP contribution >= 0.6 is 11.8 Å². The average molecular weight is 369 g/mol. The third-order valence-electron chi connectivity index (χ3n) is 4.68. The summed E-state index contributed by atoms with van der Waals surface area (Å²) in [6.07, 6.45) is 3.67. The molecular weight excluding hydrogens is 344 g/mol.